The van der Waals surface area contributed by atoms with Gasteiger partial charge in [-0.3, -0.25) is 9.59 Å². The van der Waals surface area contributed by atoms with Gasteiger partial charge in [-0.1, -0.05) is 29.3 Å². The van der Waals surface area contributed by atoms with Crippen molar-refractivity contribution in [3.63, 3.8) is 0 Å². The molecule has 110 valence electrons. The molecule has 0 aliphatic heterocycles. The van der Waals surface area contributed by atoms with Crippen LogP contribution in [0.4, 0.5) is 0 Å². The summed E-state index contributed by atoms with van der Waals surface area (Å²) in [6.45, 7) is 0.463. The molecule has 1 amide bonds. The fraction of sp³-hybridized carbons (Fsp3) is 0.385. The maximum absolute atomic E-state index is 11.6. The highest BCUT2D eigenvalue weighted by Crippen LogP contribution is 2.21. The molecule has 1 aromatic carbocycles. The van der Waals surface area contributed by atoms with Crippen molar-refractivity contribution in [3.8, 4) is 0 Å². The minimum Gasteiger partial charge on any atom is -0.481 e. The van der Waals surface area contributed by atoms with Gasteiger partial charge in [0.1, 0.15) is 0 Å². The maximum Gasteiger partial charge on any atom is 0.313 e. The molecule has 1 rings (SSSR count). The van der Waals surface area contributed by atoms with Crippen molar-refractivity contribution in [2.75, 3.05) is 18.1 Å². The Bertz CT molecular complexity index is 483. The summed E-state index contributed by atoms with van der Waals surface area (Å²) in [5.74, 6) is -0.290. The first-order valence-corrected chi connectivity index (χ1v) is 7.90. The highest BCUT2D eigenvalue weighted by molar-refractivity contribution is 7.99. The zero-order valence-electron chi connectivity index (χ0n) is 10.7. The van der Waals surface area contributed by atoms with Crippen molar-refractivity contribution in [3.05, 3.63) is 33.8 Å². The Hall–Kier alpha value is -0.910. The van der Waals surface area contributed by atoms with Crippen molar-refractivity contribution in [2.45, 2.75) is 12.8 Å². The van der Waals surface area contributed by atoms with Crippen LogP contribution in [0.3, 0.4) is 0 Å². The molecule has 0 unspecified atom stereocenters. The number of rotatable bonds is 8. The molecule has 7 heteroatoms. The number of carboxylic acid groups (broad SMARTS) is 1. The Morgan fingerprint density at radius 2 is 2.05 bits per heavy atom. The van der Waals surface area contributed by atoms with E-state index in [1.54, 1.807) is 18.2 Å². The zero-order valence-corrected chi connectivity index (χ0v) is 13.0. The number of thioether (sulfide) groups is 1. The summed E-state index contributed by atoms with van der Waals surface area (Å²) < 4.78 is 0. The quantitative estimate of drug-likeness (QED) is 0.717. The number of carbonyl (C=O) groups excluding carboxylic acids is 1. The van der Waals surface area contributed by atoms with Gasteiger partial charge in [0.15, 0.2) is 0 Å². The van der Waals surface area contributed by atoms with Crippen molar-refractivity contribution in [1.29, 1.82) is 0 Å². The summed E-state index contributed by atoms with van der Waals surface area (Å²) >= 11 is 13.1. The van der Waals surface area contributed by atoms with E-state index in [4.69, 9.17) is 28.3 Å². The third-order valence-corrected chi connectivity index (χ3v) is 3.96. The summed E-state index contributed by atoms with van der Waals surface area (Å²) in [6.07, 6.45) is 0.884. The second-order valence-corrected chi connectivity index (χ2v) is 5.98. The van der Waals surface area contributed by atoms with Crippen LogP contribution in [-0.2, 0) is 16.0 Å². The molecule has 0 aliphatic carbocycles. The van der Waals surface area contributed by atoms with E-state index in [1.165, 1.54) is 11.8 Å². The summed E-state index contributed by atoms with van der Waals surface area (Å²) in [5, 5.41) is 12.3. The Kier molecular flexibility index (Phi) is 7.80. The lowest BCUT2D eigenvalue weighted by Crippen LogP contribution is -2.26. The van der Waals surface area contributed by atoms with Gasteiger partial charge in [-0.25, -0.2) is 0 Å². The van der Waals surface area contributed by atoms with Gasteiger partial charge in [0.25, 0.3) is 0 Å². The molecule has 20 heavy (non-hydrogen) atoms. The minimum absolute atomic E-state index is 0.0518. The summed E-state index contributed by atoms with van der Waals surface area (Å²) in [6, 6.07) is 5.20. The maximum atomic E-state index is 11.6. The number of hydrogen-bond donors (Lipinski definition) is 2. The number of benzene rings is 1. The molecule has 0 fully saturated rings. The van der Waals surface area contributed by atoms with Crippen LogP contribution in [-0.4, -0.2) is 35.0 Å². The van der Waals surface area contributed by atoms with Crippen molar-refractivity contribution in [1.82, 2.24) is 5.32 Å². The van der Waals surface area contributed by atoms with Crippen LogP contribution in [0.5, 0.6) is 0 Å². The summed E-state index contributed by atoms with van der Waals surface area (Å²) in [7, 11) is 0. The molecular formula is C13H15Cl2NO3S. The minimum atomic E-state index is -0.848. The lowest BCUT2D eigenvalue weighted by atomic mass is 10.1. The molecule has 0 atom stereocenters. The van der Waals surface area contributed by atoms with Crippen LogP contribution in [0.2, 0.25) is 10.0 Å². The SMILES string of the molecule is O=C(O)CSCCNC(=O)CCc1ccc(Cl)cc1Cl. The van der Waals surface area contributed by atoms with Gasteiger partial charge in [0, 0.05) is 28.8 Å². The van der Waals surface area contributed by atoms with E-state index in [0.717, 1.165) is 5.56 Å². The molecule has 0 aromatic heterocycles. The third-order valence-electron chi connectivity index (χ3n) is 2.43. The van der Waals surface area contributed by atoms with Gasteiger partial charge < -0.3 is 10.4 Å². The fourth-order valence-electron chi connectivity index (χ4n) is 1.48. The predicted molar refractivity (Wildman–Crippen MR) is 82.8 cm³/mol. The van der Waals surface area contributed by atoms with E-state index in [-0.39, 0.29) is 11.7 Å². The van der Waals surface area contributed by atoms with Gasteiger partial charge in [-0.15, -0.1) is 11.8 Å². The van der Waals surface area contributed by atoms with Crippen LogP contribution >= 0.6 is 35.0 Å². The smallest absolute Gasteiger partial charge is 0.313 e. The van der Waals surface area contributed by atoms with E-state index in [9.17, 15) is 9.59 Å². The Morgan fingerprint density at radius 3 is 2.70 bits per heavy atom. The Morgan fingerprint density at radius 1 is 1.30 bits per heavy atom. The Balaban J connectivity index is 2.21. The number of carboxylic acids is 1. The molecule has 0 radical (unpaired) electrons. The molecule has 0 bridgehead atoms. The largest absolute Gasteiger partial charge is 0.481 e. The lowest BCUT2D eigenvalue weighted by Gasteiger charge is -2.06. The van der Waals surface area contributed by atoms with Gasteiger partial charge >= 0.3 is 5.97 Å². The monoisotopic (exact) mass is 335 g/mol. The number of amides is 1. The van der Waals surface area contributed by atoms with E-state index in [1.807, 2.05) is 0 Å². The average molecular weight is 336 g/mol. The fourth-order valence-corrected chi connectivity index (χ4v) is 2.55. The average Bonchev–Trinajstić information content (AvgIpc) is 2.37. The lowest BCUT2D eigenvalue weighted by molar-refractivity contribution is -0.133. The highest BCUT2D eigenvalue weighted by atomic mass is 35.5. The third kappa shape index (κ3) is 7.03. The van der Waals surface area contributed by atoms with Crippen LogP contribution in [0.25, 0.3) is 0 Å². The van der Waals surface area contributed by atoms with Crippen LogP contribution < -0.4 is 5.32 Å². The first-order chi connectivity index (χ1) is 9.49. The summed E-state index contributed by atoms with van der Waals surface area (Å²) in [5.41, 5.74) is 0.881. The molecule has 0 heterocycles. The molecule has 0 aliphatic rings. The molecule has 4 nitrogen and oxygen atoms in total. The molecule has 0 spiro atoms. The van der Waals surface area contributed by atoms with E-state index >= 15 is 0 Å². The zero-order chi connectivity index (χ0) is 15.0. The number of aliphatic carboxylic acids is 1. The van der Waals surface area contributed by atoms with E-state index in [2.05, 4.69) is 5.32 Å². The molecule has 0 saturated heterocycles. The second kappa shape index (κ2) is 9.10. The normalized spacial score (nSPS) is 10.3. The second-order valence-electron chi connectivity index (χ2n) is 4.03. The first kappa shape index (κ1) is 17.1. The molecular weight excluding hydrogens is 321 g/mol. The van der Waals surface area contributed by atoms with Crippen LogP contribution in [0, 0.1) is 0 Å². The summed E-state index contributed by atoms with van der Waals surface area (Å²) in [4.78, 5) is 21.9. The van der Waals surface area contributed by atoms with Gasteiger partial charge in [-0.2, -0.15) is 0 Å². The van der Waals surface area contributed by atoms with E-state index < -0.39 is 5.97 Å². The standard InChI is InChI=1S/C13H15Cl2NO3S/c14-10-3-1-9(11(15)7-10)2-4-12(17)16-5-6-20-8-13(18)19/h1,3,7H,2,4-6,8H2,(H,16,17)(H,18,19). The number of aryl methyl sites for hydroxylation is 1. The van der Waals surface area contributed by atoms with Crippen molar-refractivity contribution < 1.29 is 14.7 Å². The number of hydrogen-bond acceptors (Lipinski definition) is 3. The molecule has 2 N–H and O–H groups in total. The van der Waals surface area contributed by atoms with E-state index in [0.29, 0.717) is 35.2 Å². The molecule has 1 aromatic rings. The van der Waals surface area contributed by atoms with Gasteiger partial charge in [0.2, 0.25) is 5.91 Å². The van der Waals surface area contributed by atoms with Crippen molar-refractivity contribution >= 4 is 46.8 Å². The number of nitrogens with one attached hydrogen (secondary N) is 1. The highest BCUT2D eigenvalue weighted by Gasteiger charge is 2.05. The Labute approximate surface area is 131 Å². The number of carbonyl (C=O) groups is 2. The van der Waals surface area contributed by atoms with Crippen LogP contribution in [0.1, 0.15) is 12.0 Å². The van der Waals surface area contributed by atoms with Crippen LogP contribution in [0.15, 0.2) is 18.2 Å². The predicted octanol–water partition coefficient (Wildman–Crippen LogP) is 2.86. The van der Waals surface area contributed by atoms with Crippen molar-refractivity contribution in [2.24, 2.45) is 0 Å². The first-order valence-electron chi connectivity index (χ1n) is 5.99. The number of halogens is 2. The molecule has 0 saturated carbocycles. The van der Waals surface area contributed by atoms with Gasteiger partial charge in [-0.05, 0) is 24.1 Å². The van der Waals surface area contributed by atoms with Gasteiger partial charge in [0.05, 0.1) is 5.75 Å². The topological polar surface area (TPSA) is 66.4 Å².